The molecule has 1 aromatic carbocycles. The molecule has 1 unspecified atom stereocenters. The molecule has 4 heterocycles. The van der Waals surface area contributed by atoms with E-state index >= 15 is 0 Å². The fraction of sp³-hybridized carbons (Fsp3) is 0.368. The van der Waals surface area contributed by atoms with Crippen molar-refractivity contribution in [3.05, 3.63) is 46.6 Å². The van der Waals surface area contributed by atoms with Crippen LogP contribution in [0.3, 0.4) is 0 Å². The standard InChI is InChI=1S/C19H19N5O6S/c25-18(20-6-12-1-2-16-17(5-12)30-11-29-16)9-23-14-8-22-24(15(14)7-21-19(23)26)13-3-4-31(27,28)10-13/h1-2,5,7-8,13H,3-4,6,9-11H2,(H,20,25). The number of amides is 1. The third-order valence-electron chi connectivity index (χ3n) is 5.42. The zero-order valence-electron chi connectivity index (χ0n) is 16.4. The van der Waals surface area contributed by atoms with Gasteiger partial charge in [-0.15, -0.1) is 0 Å². The molecule has 12 heteroatoms. The van der Waals surface area contributed by atoms with E-state index in [0.717, 1.165) is 5.56 Å². The van der Waals surface area contributed by atoms with Gasteiger partial charge in [-0.05, 0) is 24.1 Å². The summed E-state index contributed by atoms with van der Waals surface area (Å²) < 4.78 is 37.0. The Kier molecular flexibility index (Phi) is 4.65. The fourth-order valence-electron chi connectivity index (χ4n) is 3.85. The summed E-state index contributed by atoms with van der Waals surface area (Å²) in [6.07, 6.45) is 3.29. The number of fused-ring (bicyclic) bond motifs is 2. The van der Waals surface area contributed by atoms with E-state index in [2.05, 4.69) is 15.4 Å². The van der Waals surface area contributed by atoms with Gasteiger partial charge in [0, 0.05) is 6.54 Å². The summed E-state index contributed by atoms with van der Waals surface area (Å²) in [6, 6.07) is 5.07. The van der Waals surface area contributed by atoms with Crippen LogP contribution >= 0.6 is 0 Å². The minimum atomic E-state index is -3.10. The molecule has 162 valence electrons. The Balaban J connectivity index is 1.33. The van der Waals surface area contributed by atoms with Gasteiger partial charge in [-0.1, -0.05) is 6.07 Å². The first-order valence-electron chi connectivity index (χ1n) is 9.68. The van der Waals surface area contributed by atoms with E-state index in [-0.39, 0.29) is 43.3 Å². The second-order valence-corrected chi connectivity index (χ2v) is 9.74. The maximum absolute atomic E-state index is 12.5. The molecule has 2 aliphatic heterocycles. The van der Waals surface area contributed by atoms with Crippen LogP contribution in [0.1, 0.15) is 18.0 Å². The predicted molar refractivity (Wildman–Crippen MR) is 109 cm³/mol. The molecule has 0 spiro atoms. The highest BCUT2D eigenvalue weighted by molar-refractivity contribution is 7.91. The number of aromatic nitrogens is 4. The lowest BCUT2D eigenvalue weighted by atomic mass is 10.2. The minimum Gasteiger partial charge on any atom is -0.454 e. The highest BCUT2D eigenvalue weighted by Crippen LogP contribution is 2.32. The molecule has 1 amide bonds. The number of hydrogen-bond acceptors (Lipinski definition) is 8. The van der Waals surface area contributed by atoms with Crippen LogP contribution in [0.15, 0.2) is 35.4 Å². The maximum atomic E-state index is 12.5. The molecule has 1 N–H and O–H groups in total. The van der Waals surface area contributed by atoms with E-state index in [1.54, 1.807) is 16.8 Å². The molecule has 0 bridgehead atoms. The lowest BCUT2D eigenvalue weighted by Gasteiger charge is -2.11. The van der Waals surface area contributed by atoms with E-state index in [0.29, 0.717) is 29.0 Å². The zero-order valence-corrected chi connectivity index (χ0v) is 17.2. The van der Waals surface area contributed by atoms with Gasteiger partial charge in [0.15, 0.2) is 21.3 Å². The van der Waals surface area contributed by atoms with E-state index in [9.17, 15) is 18.0 Å². The molecule has 0 aliphatic carbocycles. The monoisotopic (exact) mass is 445 g/mol. The smallest absolute Gasteiger partial charge is 0.348 e. The summed E-state index contributed by atoms with van der Waals surface area (Å²) in [5.74, 6) is 1.02. The van der Waals surface area contributed by atoms with Gasteiger partial charge >= 0.3 is 5.69 Å². The van der Waals surface area contributed by atoms with Gasteiger partial charge in [0.25, 0.3) is 0 Å². The summed E-state index contributed by atoms with van der Waals surface area (Å²) in [5.41, 5.74) is 1.20. The molecule has 1 atom stereocenters. The SMILES string of the molecule is O=C(Cn1c(=O)ncc2c1cnn2C1CCS(=O)(=O)C1)NCc1ccc2c(c1)OCO2. The van der Waals surface area contributed by atoms with Gasteiger partial charge in [-0.2, -0.15) is 10.1 Å². The third kappa shape index (κ3) is 3.74. The molecule has 5 rings (SSSR count). The Morgan fingerprint density at radius 2 is 2.03 bits per heavy atom. The summed E-state index contributed by atoms with van der Waals surface area (Å²) in [5, 5.41) is 7.05. The van der Waals surface area contributed by atoms with Crippen molar-refractivity contribution in [2.75, 3.05) is 18.3 Å². The van der Waals surface area contributed by atoms with Crippen LogP contribution in [0.25, 0.3) is 11.0 Å². The normalized spacial score (nSPS) is 19.0. The molecule has 11 nitrogen and oxygen atoms in total. The first kappa shape index (κ1) is 19.5. The maximum Gasteiger partial charge on any atom is 0.348 e. The topological polar surface area (TPSA) is 134 Å². The predicted octanol–water partition coefficient (Wildman–Crippen LogP) is -0.00230. The molecule has 2 aromatic heterocycles. The number of benzene rings is 1. The molecular formula is C19H19N5O6S. The molecule has 2 aliphatic rings. The molecule has 1 fully saturated rings. The van der Waals surface area contributed by atoms with Crippen LogP contribution in [0.2, 0.25) is 0 Å². The lowest BCUT2D eigenvalue weighted by Crippen LogP contribution is -2.33. The Hall–Kier alpha value is -3.41. The first-order chi connectivity index (χ1) is 14.9. The van der Waals surface area contributed by atoms with E-state index < -0.39 is 15.5 Å². The number of ether oxygens (including phenoxy) is 2. The average Bonchev–Trinajstić information content (AvgIpc) is 3.45. The molecule has 0 saturated carbocycles. The Bertz CT molecular complexity index is 1350. The van der Waals surface area contributed by atoms with Crippen molar-refractivity contribution in [2.24, 2.45) is 0 Å². The van der Waals surface area contributed by atoms with E-state index in [1.165, 1.54) is 17.0 Å². The first-order valence-corrected chi connectivity index (χ1v) is 11.5. The number of rotatable bonds is 5. The largest absolute Gasteiger partial charge is 0.454 e. The summed E-state index contributed by atoms with van der Waals surface area (Å²) in [7, 11) is -3.10. The van der Waals surface area contributed by atoms with Gasteiger partial charge < -0.3 is 14.8 Å². The Morgan fingerprint density at radius 1 is 1.19 bits per heavy atom. The van der Waals surface area contributed by atoms with Crippen LogP contribution < -0.4 is 20.5 Å². The molecule has 3 aromatic rings. The fourth-order valence-corrected chi connectivity index (χ4v) is 5.54. The van der Waals surface area contributed by atoms with Crippen LogP contribution in [0.5, 0.6) is 11.5 Å². The second-order valence-electron chi connectivity index (χ2n) is 7.51. The highest BCUT2D eigenvalue weighted by Gasteiger charge is 2.31. The van der Waals surface area contributed by atoms with Gasteiger partial charge in [0.2, 0.25) is 12.7 Å². The number of sulfone groups is 1. The highest BCUT2D eigenvalue weighted by atomic mass is 32.2. The average molecular weight is 445 g/mol. The number of hydrogen-bond donors (Lipinski definition) is 1. The Labute approximate surface area is 176 Å². The second kappa shape index (κ2) is 7.38. The number of nitrogens with zero attached hydrogens (tertiary/aromatic N) is 4. The number of nitrogens with one attached hydrogen (secondary N) is 1. The third-order valence-corrected chi connectivity index (χ3v) is 7.17. The molecule has 1 saturated heterocycles. The summed E-state index contributed by atoms with van der Waals surface area (Å²) in [4.78, 5) is 28.7. The van der Waals surface area contributed by atoms with E-state index in [1.807, 2.05) is 6.07 Å². The molecule has 31 heavy (non-hydrogen) atoms. The van der Waals surface area contributed by atoms with Crippen LogP contribution in [0.4, 0.5) is 0 Å². The zero-order chi connectivity index (χ0) is 21.6. The van der Waals surface area contributed by atoms with Crippen molar-refractivity contribution in [3.8, 4) is 11.5 Å². The van der Waals surface area contributed by atoms with Crippen molar-refractivity contribution in [1.82, 2.24) is 24.6 Å². The van der Waals surface area contributed by atoms with Crippen molar-refractivity contribution in [1.29, 1.82) is 0 Å². The van der Waals surface area contributed by atoms with Crippen molar-refractivity contribution in [2.45, 2.75) is 25.6 Å². The molecule has 0 radical (unpaired) electrons. The van der Waals surface area contributed by atoms with Crippen molar-refractivity contribution < 1.29 is 22.7 Å². The number of carbonyl (C=O) groups excluding carboxylic acids is 1. The van der Waals surface area contributed by atoms with E-state index in [4.69, 9.17) is 9.47 Å². The lowest BCUT2D eigenvalue weighted by molar-refractivity contribution is -0.121. The number of carbonyl (C=O) groups is 1. The van der Waals surface area contributed by atoms with Gasteiger partial charge in [-0.25, -0.2) is 13.2 Å². The summed E-state index contributed by atoms with van der Waals surface area (Å²) in [6.45, 7) is 0.195. The van der Waals surface area contributed by atoms with Gasteiger partial charge in [0.1, 0.15) is 12.1 Å². The molecular weight excluding hydrogens is 426 g/mol. The van der Waals surface area contributed by atoms with Crippen LogP contribution in [-0.2, 0) is 27.7 Å². The van der Waals surface area contributed by atoms with Crippen molar-refractivity contribution >= 4 is 26.8 Å². The van der Waals surface area contributed by atoms with Gasteiger partial charge in [0.05, 0.1) is 35.5 Å². The Morgan fingerprint density at radius 3 is 2.84 bits per heavy atom. The minimum absolute atomic E-state index is 0.00107. The van der Waals surface area contributed by atoms with Crippen molar-refractivity contribution in [3.63, 3.8) is 0 Å². The van der Waals surface area contributed by atoms with Crippen LogP contribution in [0, 0.1) is 0 Å². The summed E-state index contributed by atoms with van der Waals surface area (Å²) >= 11 is 0. The van der Waals surface area contributed by atoms with Gasteiger partial charge in [-0.3, -0.25) is 14.0 Å². The quantitative estimate of drug-likeness (QED) is 0.580. The van der Waals surface area contributed by atoms with Crippen LogP contribution in [-0.4, -0.2) is 52.0 Å².